The first-order valence-corrected chi connectivity index (χ1v) is 9.12. The van der Waals surface area contributed by atoms with Crippen LogP contribution in [0.4, 0.5) is 11.6 Å². The van der Waals surface area contributed by atoms with E-state index in [1.54, 1.807) is 25.1 Å². The summed E-state index contributed by atoms with van der Waals surface area (Å²) in [6.45, 7) is 1.90. The quantitative estimate of drug-likeness (QED) is 0.490. The molecule has 0 radical (unpaired) electrons. The average molecular weight is 428 g/mol. The molecule has 27 heavy (non-hydrogen) atoms. The predicted octanol–water partition coefficient (Wildman–Crippen LogP) is 3.78. The van der Waals surface area contributed by atoms with E-state index in [0.717, 1.165) is 11.3 Å². The highest BCUT2D eigenvalue weighted by atomic mass is 35.5. The minimum Gasteiger partial charge on any atom is -0.397 e. The van der Waals surface area contributed by atoms with Crippen molar-refractivity contribution < 1.29 is 9.90 Å². The van der Waals surface area contributed by atoms with Crippen molar-refractivity contribution in [2.24, 2.45) is 5.73 Å². The zero-order valence-electron chi connectivity index (χ0n) is 13.6. The number of nitrogens with zero attached hydrogens (tertiary/aromatic N) is 2. The van der Waals surface area contributed by atoms with Gasteiger partial charge in [0, 0.05) is 12.1 Å². The number of hydrogen-bond donors (Lipinski definition) is 4. The van der Waals surface area contributed by atoms with Crippen LogP contribution in [0.1, 0.15) is 24.0 Å². The number of aromatic nitrogens is 2. The maximum atomic E-state index is 11.7. The summed E-state index contributed by atoms with van der Waals surface area (Å²) in [6.07, 6.45) is -0.586. The van der Waals surface area contributed by atoms with Crippen LogP contribution < -0.4 is 16.8 Å². The minimum atomic E-state index is -0.635. The van der Waals surface area contributed by atoms with E-state index in [0.29, 0.717) is 31.5 Å². The zero-order valence-corrected chi connectivity index (χ0v) is 15.9. The molecular formula is C17H19Cl2N5O2S. The fourth-order valence-corrected chi connectivity index (χ4v) is 3.62. The number of aliphatic hydroxyl groups excluding tert-OH is 1. The molecule has 3 rings (SSSR count). The molecule has 144 valence electrons. The monoisotopic (exact) mass is 427 g/mol. The van der Waals surface area contributed by atoms with E-state index in [2.05, 4.69) is 15.3 Å². The van der Waals surface area contributed by atoms with Gasteiger partial charge in [0.1, 0.15) is 9.71 Å². The van der Waals surface area contributed by atoms with E-state index in [4.69, 9.17) is 34.7 Å². The summed E-state index contributed by atoms with van der Waals surface area (Å²) in [5.74, 6) is -0.346. The Morgan fingerprint density at radius 3 is 2.63 bits per heavy atom. The Kier molecular flexibility index (Phi) is 6.48. The number of nitrogens with two attached hydrogens (primary N) is 2. The van der Waals surface area contributed by atoms with Crippen LogP contribution in [0.5, 0.6) is 0 Å². The maximum absolute atomic E-state index is 11.7. The molecule has 1 atom stereocenters. The van der Waals surface area contributed by atoms with Crippen molar-refractivity contribution in [2.45, 2.75) is 20.5 Å². The average Bonchev–Trinajstić information content (AvgIpc) is 2.92. The van der Waals surface area contributed by atoms with E-state index < -0.39 is 12.0 Å². The molecule has 0 saturated carbocycles. The summed E-state index contributed by atoms with van der Waals surface area (Å²) in [6, 6.07) is 5.05. The largest absolute Gasteiger partial charge is 0.397 e. The van der Waals surface area contributed by atoms with Crippen molar-refractivity contribution in [1.29, 1.82) is 0 Å². The number of amides is 1. The highest BCUT2D eigenvalue weighted by Gasteiger charge is 2.21. The van der Waals surface area contributed by atoms with Crippen LogP contribution in [0.15, 0.2) is 18.2 Å². The number of halogens is 2. The van der Waals surface area contributed by atoms with Crippen LogP contribution in [-0.2, 0) is 0 Å². The van der Waals surface area contributed by atoms with Gasteiger partial charge in [-0.3, -0.25) is 4.79 Å². The van der Waals surface area contributed by atoms with Gasteiger partial charge >= 0.3 is 0 Å². The number of aliphatic hydroxyl groups is 1. The molecule has 0 saturated heterocycles. The molecule has 0 aliphatic rings. The van der Waals surface area contributed by atoms with Crippen LogP contribution >= 0.6 is 34.5 Å². The highest BCUT2D eigenvalue weighted by molar-refractivity contribution is 7.21. The molecule has 0 bridgehead atoms. The SMILES string of the molecule is C.C[C@@H](O)CNc1nc(-c2ccc(Cl)c(Cl)c2)c2c(N)c(C(N)=O)sc2n1. The van der Waals surface area contributed by atoms with Gasteiger partial charge in [-0.1, -0.05) is 36.7 Å². The van der Waals surface area contributed by atoms with Gasteiger partial charge in [0.05, 0.1) is 32.9 Å². The van der Waals surface area contributed by atoms with Gasteiger partial charge in [0.2, 0.25) is 5.95 Å². The number of hydrogen-bond acceptors (Lipinski definition) is 7. The summed E-state index contributed by atoms with van der Waals surface area (Å²) in [5.41, 5.74) is 12.9. The molecule has 6 N–H and O–H groups in total. The molecule has 0 spiro atoms. The molecule has 3 aromatic rings. The van der Waals surface area contributed by atoms with Crippen molar-refractivity contribution in [2.75, 3.05) is 17.6 Å². The van der Waals surface area contributed by atoms with Crippen molar-refractivity contribution in [3.63, 3.8) is 0 Å². The lowest BCUT2D eigenvalue weighted by molar-refractivity contribution is 0.100. The van der Waals surface area contributed by atoms with Crippen molar-refractivity contribution in [3.8, 4) is 11.3 Å². The molecule has 1 aromatic carbocycles. The van der Waals surface area contributed by atoms with E-state index >= 15 is 0 Å². The van der Waals surface area contributed by atoms with Crippen LogP contribution in [0.3, 0.4) is 0 Å². The standard InChI is InChI=1S/C16H15Cl2N5O2S.CH4/c1-6(24)5-21-16-22-12(7-2-3-8(17)9(18)4-7)10-11(19)13(14(20)25)26-15(10)23-16;/h2-4,6,24H,5,19H2,1H3,(H2,20,25)(H,21,22,23);1H4/t6-;/m1./s1. The second kappa shape index (κ2) is 8.26. The molecule has 0 aliphatic heterocycles. The number of rotatable bonds is 5. The normalized spacial score (nSPS) is 11.9. The lowest BCUT2D eigenvalue weighted by atomic mass is 10.1. The Labute approximate surface area is 170 Å². The number of benzene rings is 1. The smallest absolute Gasteiger partial charge is 0.260 e. The fraction of sp³-hybridized carbons (Fsp3) is 0.235. The third-order valence-electron chi connectivity index (χ3n) is 3.56. The molecule has 1 amide bonds. The fourth-order valence-electron chi connectivity index (χ4n) is 2.38. The van der Waals surface area contributed by atoms with Gasteiger partial charge in [-0.15, -0.1) is 11.3 Å². The van der Waals surface area contributed by atoms with Gasteiger partial charge < -0.3 is 21.9 Å². The summed E-state index contributed by atoms with van der Waals surface area (Å²) in [5, 5.41) is 13.7. The molecule has 7 nitrogen and oxygen atoms in total. The van der Waals surface area contributed by atoms with Crippen LogP contribution in [0.25, 0.3) is 21.5 Å². The first-order valence-electron chi connectivity index (χ1n) is 7.55. The number of carbonyl (C=O) groups is 1. The lowest BCUT2D eigenvalue weighted by Crippen LogP contribution is -2.17. The summed E-state index contributed by atoms with van der Waals surface area (Å²) in [7, 11) is 0. The Morgan fingerprint density at radius 2 is 2.04 bits per heavy atom. The van der Waals surface area contributed by atoms with Crippen LogP contribution in [-0.4, -0.2) is 33.6 Å². The Hall–Kier alpha value is -2.13. The molecule has 0 aliphatic carbocycles. The Bertz CT molecular complexity index is 1010. The Morgan fingerprint density at radius 1 is 1.33 bits per heavy atom. The van der Waals surface area contributed by atoms with E-state index in [1.807, 2.05) is 0 Å². The number of nitrogens with one attached hydrogen (secondary N) is 1. The zero-order chi connectivity index (χ0) is 19.0. The lowest BCUT2D eigenvalue weighted by Gasteiger charge is -2.10. The van der Waals surface area contributed by atoms with Crippen molar-refractivity contribution >= 4 is 62.3 Å². The number of anilines is 2. The number of fused-ring (bicyclic) bond motifs is 1. The molecule has 0 fully saturated rings. The number of nitrogen functional groups attached to an aromatic ring is 1. The van der Waals surface area contributed by atoms with Crippen molar-refractivity contribution in [1.82, 2.24) is 9.97 Å². The van der Waals surface area contributed by atoms with Crippen molar-refractivity contribution in [3.05, 3.63) is 33.1 Å². The summed E-state index contributed by atoms with van der Waals surface area (Å²) < 4.78 is 0. The van der Waals surface area contributed by atoms with E-state index in [1.165, 1.54) is 0 Å². The summed E-state index contributed by atoms with van der Waals surface area (Å²) in [4.78, 5) is 21.2. The number of carbonyl (C=O) groups excluding carboxylic acids is 1. The first kappa shape index (κ1) is 21.2. The van der Waals surface area contributed by atoms with Crippen LogP contribution in [0, 0.1) is 0 Å². The predicted molar refractivity (Wildman–Crippen MR) is 113 cm³/mol. The van der Waals surface area contributed by atoms with Crippen LogP contribution in [0.2, 0.25) is 10.0 Å². The molecule has 2 heterocycles. The number of primary amides is 1. The maximum Gasteiger partial charge on any atom is 0.260 e. The van der Waals surface area contributed by atoms with E-state index in [-0.39, 0.29) is 30.5 Å². The second-order valence-corrected chi connectivity index (χ2v) is 7.46. The topological polar surface area (TPSA) is 127 Å². The minimum absolute atomic E-state index is 0. The van der Waals surface area contributed by atoms with E-state index in [9.17, 15) is 9.90 Å². The second-order valence-electron chi connectivity index (χ2n) is 5.64. The molecule has 10 heteroatoms. The molecular weight excluding hydrogens is 409 g/mol. The van der Waals surface area contributed by atoms with Gasteiger partial charge in [-0.2, -0.15) is 0 Å². The summed E-state index contributed by atoms with van der Waals surface area (Å²) >= 11 is 13.2. The molecule has 2 aromatic heterocycles. The highest BCUT2D eigenvalue weighted by Crippen LogP contribution is 2.40. The number of thiophene rings is 1. The van der Waals surface area contributed by atoms with Gasteiger partial charge in [-0.05, 0) is 19.1 Å². The molecule has 0 unspecified atom stereocenters. The van der Waals surface area contributed by atoms with Gasteiger partial charge in [0.25, 0.3) is 5.91 Å². The Balaban J connectivity index is 0.00000261. The first-order chi connectivity index (χ1) is 12.3. The third-order valence-corrected chi connectivity index (χ3v) is 5.41. The van der Waals surface area contributed by atoms with Gasteiger partial charge in [0.15, 0.2) is 0 Å². The van der Waals surface area contributed by atoms with Gasteiger partial charge in [-0.25, -0.2) is 9.97 Å². The third kappa shape index (κ3) is 4.24.